The number of esters is 1. The fourth-order valence-electron chi connectivity index (χ4n) is 3.86. The molecule has 0 radical (unpaired) electrons. The van der Waals surface area contributed by atoms with E-state index in [-0.39, 0.29) is 24.5 Å². The first-order chi connectivity index (χ1) is 14.0. The number of nitrogens with one attached hydrogen (secondary N) is 1. The zero-order valence-electron chi connectivity index (χ0n) is 16.5. The number of amides is 1. The van der Waals surface area contributed by atoms with Crippen LogP contribution in [0.15, 0.2) is 60.7 Å². The van der Waals surface area contributed by atoms with Crippen molar-refractivity contribution in [1.82, 2.24) is 5.32 Å². The van der Waals surface area contributed by atoms with Crippen molar-refractivity contribution >= 4 is 12.1 Å². The van der Waals surface area contributed by atoms with E-state index in [2.05, 4.69) is 29.6 Å². The molecule has 2 aromatic carbocycles. The lowest BCUT2D eigenvalue weighted by atomic mass is 9.80. The lowest BCUT2D eigenvalue weighted by Gasteiger charge is -2.31. The molecule has 1 saturated heterocycles. The Morgan fingerprint density at radius 3 is 2.17 bits per heavy atom. The second kappa shape index (κ2) is 10.1. The van der Waals surface area contributed by atoms with Gasteiger partial charge in [0.2, 0.25) is 0 Å². The Bertz CT molecular complexity index is 795. The van der Waals surface area contributed by atoms with Crippen molar-refractivity contribution in [3.05, 3.63) is 71.8 Å². The van der Waals surface area contributed by atoms with E-state index in [1.807, 2.05) is 43.3 Å². The monoisotopic (exact) mass is 397 g/mol. The number of hydrogen-bond acceptors (Lipinski definition) is 4. The minimum Gasteiger partial charge on any atom is -0.465 e. The molecule has 1 aliphatic rings. The highest BCUT2D eigenvalue weighted by atomic mass is 16.6. The van der Waals surface area contributed by atoms with Crippen LogP contribution in [0.2, 0.25) is 0 Å². The minimum atomic E-state index is -1.27. The third kappa shape index (κ3) is 6.06. The van der Waals surface area contributed by atoms with Crippen molar-refractivity contribution in [2.45, 2.75) is 31.9 Å². The van der Waals surface area contributed by atoms with Crippen LogP contribution in [-0.4, -0.2) is 42.5 Å². The van der Waals surface area contributed by atoms with Crippen LogP contribution in [0.1, 0.15) is 18.1 Å². The van der Waals surface area contributed by atoms with Crippen LogP contribution in [0.3, 0.4) is 0 Å². The first-order valence-corrected chi connectivity index (χ1v) is 9.88. The van der Waals surface area contributed by atoms with Crippen LogP contribution in [0.4, 0.5) is 4.79 Å². The van der Waals surface area contributed by atoms with E-state index in [1.54, 1.807) is 0 Å². The summed E-state index contributed by atoms with van der Waals surface area (Å²) >= 11 is 0. The van der Waals surface area contributed by atoms with Gasteiger partial charge in [0.1, 0.15) is 6.10 Å². The molecule has 0 aromatic heterocycles. The quantitative estimate of drug-likeness (QED) is 0.756. The Balaban J connectivity index is 1.84. The van der Waals surface area contributed by atoms with Crippen molar-refractivity contribution in [3.8, 4) is 0 Å². The molecule has 4 atom stereocenters. The standard InChI is InChI=1S/C23H27NO5/c1-16-20(13-18-10-6-3-7-11-18)19(12-17-8-4-2-5-9-17)14-28-15-21(22(25)29-16)24-23(26)27/h2-11,16,19-21,24H,12-15H2,1H3,(H,26,27)/t16-,19+,20+,21-/m1/s1. The summed E-state index contributed by atoms with van der Waals surface area (Å²) in [5.74, 6) is -0.451. The molecule has 2 aromatic rings. The predicted octanol–water partition coefficient (Wildman–Crippen LogP) is 3.30. The van der Waals surface area contributed by atoms with Gasteiger partial charge in [-0.15, -0.1) is 0 Å². The molecule has 0 spiro atoms. The van der Waals surface area contributed by atoms with E-state index in [4.69, 9.17) is 14.6 Å². The topological polar surface area (TPSA) is 84.9 Å². The largest absolute Gasteiger partial charge is 0.465 e. The maximum Gasteiger partial charge on any atom is 0.405 e. The smallest absolute Gasteiger partial charge is 0.405 e. The summed E-state index contributed by atoms with van der Waals surface area (Å²) in [6.07, 6.45) is -0.120. The third-order valence-corrected chi connectivity index (χ3v) is 5.36. The van der Waals surface area contributed by atoms with Gasteiger partial charge in [-0.2, -0.15) is 0 Å². The minimum absolute atomic E-state index is 0.0325. The second-order valence-electron chi connectivity index (χ2n) is 7.48. The molecule has 29 heavy (non-hydrogen) atoms. The zero-order chi connectivity index (χ0) is 20.6. The first-order valence-electron chi connectivity index (χ1n) is 9.88. The van der Waals surface area contributed by atoms with Crippen LogP contribution in [-0.2, 0) is 27.1 Å². The molecule has 0 aliphatic carbocycles. The van der Waals surface area contributed by atoms with Crippen molar-refractivity contribution in [2.75, 3.05) is 13.2 Å². The van der Waals surface area contributed by atoms with E-state index >= 15 is 0 Å². The lowest BCUT2D eigenvalue weighted by Crippen LogP contribution is -2.45. The summed E-state index contributed by atoms with van der Waals surface area (Å²) in [6.45, 7) is 2.26. The van der Waals surface area contributed by atoms with Crippen LogP contribution in [0, 0.1) is 11.8 Å². The summed E-state index contributed by atoms with van der Waals surface area (Å²) in [4.78, 5) is 23.5. The number of carbonyl (C=O) groups excluding carboxylic acids is 1. The van der Waals surface area contributed by atoms with Gasteiger partial charge in [0.15, 0.2) is 6.04 Å². The highest BCUT2D eigenvalue weighted by molar-refractivity contribution is 5.81. The average Bonchev–Trinajstić information content (AvgIpc) is 2.75. The van der Waals surface area contributed by atoms with E-state index in [0.29, 0.717) is 6.61 Å². The Morgan fingerprint density at radius 2 is 1.59 bits per heavy atom. The van der Waals surface area contributed by atoms with Gasteiger partial charge in [0.05, 0.1) is 13.2 Å². The van der Waals surface area contributed by atoms with Crippen molar-refractivity contribution in [1.29, 1.82) is 0 Å². The van der Waals surface area contributed by atoms with Crippen LogP contribution in [0.5, 0.6) is 0 Å². The SMILES string of the molecule is C[C@H]1OC(=O)[C@H](NC(=O)O)COC[C@H](Cc2ccccc2)[C@H]1Cc1ccccc1. The van der Waals surface area contributed by atoms with Gasteiger partial charge in [0.25, 0.3) is 0 Å². The van der Waals surface area contributed by atoms with Crippen molar-refractivity contribution in [2.24, 2.45) is 11.8 Å². The number of carbonyl (C=O) groups is 2. The molecule has 1 fully saturated rings. The molecule has 1 amide bonds. The number of benzene rings is 2. The van der Waals surface area contributed by atoms with E-state index in [1.165, 1.54) is 5.56 Å². The normalized spacial score (nSPS) is 25.2. The number of carboxylic acid groups (broad SMARTS) is 1. The number of ether oxygens (including phenoxy) is 2. The molecule has 1 heterocycles. The van der Waals surface area contributed by atoms with Gasteiger partial charge < -0.3 is 19.9 Å². The molecule has 2 N–H and O–H groups in total. The van der Waals surface area contributed by atoms with Crippen LogP contribution >= 0.6 is 0 Å². The van der Waals surface area contributed by atoms with Gasteiger partial charge in [-0.3, -0.25) is 0 Å². The van der Waals surface area contributed by atoms with Gasteiger partial charge >= 0.3 is 12.1 Å². The summed E-state index contributed by atoms with van der Waals surface area (Å²) in [7, 11) is 0. The van der Waals surface area contributed by atoms with Crippen molar-refractivity contribution in [3.63, 3.8) is 0 Å². The highest BCUT2D eigenvalue weighted by Crippen LogP contribution is 2.28. The Kier molecular flexibility index (Phi) is 7.25. The zero-order valence-corrected chi connectivity index (χ0v) is 16.5. The molecule has 0 saturated carbocycles. The Hall–Kier alpha value is -2.86. The Morgan fingerprint density at radius 1 is 1.00 bits per heavy atom. The maximum absolute atomic E-state index is 12.5. The number of rotatable bonds is 5. The first kappa shape index (κ1) is 20.9. The van der Waals surface area contributed by atoms with Gasteiger partial charge in [-0.05, 0) is 36.8 Å². The molecular weight excluding hydrogens is 370 g/mol. The lowest BCUT2D eigenvalue weighted by molar-refractivity contribution is -0.153. The summed E-state index contributed by atoms with van der Waals surface area (Å²) in [6, 6.07) is 19.2. The van der Waals surface area contributed by atoms with E-state index in [0.717, 1.165) is 18.4 Å². The molecule has 0 unspecified atom stereocenters. The molecule has 154 valence electrons. The summed E-state index contributed by atoms with van der Waals surface area (Å²) < 4.78 is 11.5. The summed E-state index contributed by atoms with van der Waals surface area (Å²) in [5, 5.41) is 11.2. The maximum atomic E-state index is 12.5. The molecule has 6 heteroatoms. The second-order valence-corrected chi connectivity index (χ2v) is 7.48. The number of cyclic esters (lactones) is 1. The fourth-order valence-corrected chi connectivity index (χ4v) is 3.86. The molecule has 6 nitrogen and oxygen atoms in total. The molecule has 1 aliphatic heterocycles. The van der Waals surface area contributed by atoms with Gasteiger partial charge in [-0.1, -0.05) is 60.7 Å². The molecular formula is C23H27NO5. The molecule has 3 rings (SSSR count). The summed E-state index contributed by atoms with van der Waals surface area (Å²) in [5.41, 5.74) is 2.36. The van der Waals surface area contributed by atoms with Crippen molar-refractivity contribution < 1.29 is 24.2 Å². The number of hydrogen-bond donors (Lipinski definition) is 2. The van der Waals surface area contributed by atoms with Gasteiger partial charge in [0, 0.05) is 5.92 Å². The Labute approximate surface area is 170 Å². The predicted molar refractivity (Wildman–Crippen MR) is 109 cm³/mol. The van der Waals surface area contributed by atoms with Crippen LogP contribution in [0.25, 0.3) is 0 Å². The van der Waals surface area contributed by atoms with E-state index in [9.17, 15) is 9.59 Å². The average molecular weight is 397 g/mol. The van der Waals surface area contributed by atoms with Crippen LogP contribution < -0.4 is 5.32 Å². The fraction of sp³-hybridized carbons (Fsp3) is 0.391. The van der Waals surface area contributed by atoms with Gasteiger partial charge in [-0.25, -0.2) is 9.59 Å². The molecule has 0 bridgehead atoms. The van der Waals surface area contributed by atoms with E-state index < -0.39 is 18.1 Å². The third-order valence-electron chi connectivity index (χ3n) is 5.36. The highest BCUT2D eigenvalue weighted by Gasteiger charge is 2.34.